The molecule has 0 aliphatic carbocycles. The fourth-order valence-electron chi connectivity index (χ4n) is 2.65. The van der Waals surface area contributed by atoms with Crippen LogP contribution in [0.3, 0.4) is 0 Å². The van der Waals surface area contributed by atoms with E-state index in [1.54, 1.807) is 25.1 Å². The van der Waals surface area contributed by atoms with Crippen molar-refractivity contribution in [2.75, 3.05) is 30.5 Å². The lowest BCUT2D eigenvalue weighted by Gasteiger charge is -2.09. The van der Waals surface area contributed by atoms with Gasteiger partial charge in [0, 0.05) is 15.5 Å². The van der Waals surface area contributed by atoms with Gasteiger partial charge in [-0.2, -0.15) is 0 Å². The second kappa shape index (κ2) is 10.3. The second-order valence-electron chi connectivity index (χ2n) is 6.01. The molecule has 1 aromatic carbocycles. The van der Waals surface area contributed by atoms with E-state index >= 15 is 0 Å². The standard InChI is InChI=1S/C20H24N2O5S2/c1-5-14-11(3)17(20(25)26-6-2)18(29-14)22-16(23)10-27-19(24)12-7-8-13(21)15(9-12)28-4/h7-9H,5-6,10,21H2,1-4H3,(H,22,23). The minimum absolute atomic E-state index is 0.236. The van der Waals surface area contributed by atoms with Crippen LogP contribution in [-0.2, 0) is 20.7 Å². The van der Waals surface area contributed by atoms with Crippen molar-refractivity contribution in [1.82, 2.24) is 0 Å². The number of nitrogens with two attached hydrogens (primary N) is 1. The first kappa shape index (κ1) is 22.8. The summed E-state index contributed by atoms with van der Waals surface area (Å²) < 4.78 is 10.2. The number of nitrogens with one attached hydrogen (secondary N) is 1. The highest BCUT2D eigenvalue weighted by Crippen LogP contribution is 2.34. The molecule has 2 rings (SSSR count). The maximum absolute atomic E-state index is 12.3. The number of hydrogen-bond donors (Lipinski definition) is 2. The van der Waals surface area contributed by atoms with E-state index in [9.17, 15) is 14.4 Å². The smallest absolute Gasteiger partial charge is 0.341 e. The number of aryl methyl sites for hydroxylation is 1. The summed E-state index contributed by atoms with van der Waals surface area (Å²) >= 11 is 2.73. The zero-order chi connectivity index (χ0) is 21.6. The van der Waals surface area contributed by atoms with Crippen molar-refractivity contribution >= 4 is 51.6 Å². The van der Waals surface area contributed by atoms with Crippen LogP contribution in [0.25, 0.3) is 0 Å². The number of nitrogen functional groups attached to an aromatic ring is 1. The first-order valence-corrected chi connectivity index (χ1v) is 11.1. The Bertz CT molecular complexity index is 924. The van der Waals surface area contributed by atoms with Gasteiger partial charge in [-0.25, -0.2) is 9.59 Å². The van der Waals surface area contributed by atoms with E-state index < -0.39 is 24.5 Å². The van der Waals surface area contributed by atoms with Crippen LogP contribution in [0.1, 0.15) is 45.0 Å². The summed E-state index contributed by atoms with van der Waals surface area (Å²) in [5.41, 5.74) is 7.83. The largest absolute Gasteiger partial charge is 0.462 e. The van der Waals surface area contributed by atoms with Gasteiger partial charge in [-0.05, 0) is 50.3 Å². The first-order valence-electron chi connectivity index (χ1n) is 9.02. The number of esters is 2. The number of amides is 1. The molecule has 29 heavy (non-hydrogen) atoms. The third-order valence-corrected chi connectivity index (χ3v) is 6.25. The lowest BCUT2D eigenvalue weighted by Crippen LogP contribution is -2.21. The Kier molecular flexibility index (Phi) is 8.10. The maximum atomic E-state index is 12.3. The fraction of sp³-hybridized carbons (Fsp3) is 0.350. The molecule has 7 nitrogen and oxygen atoms in total. The van der Waals surface area contributed by atoms with Gasteiger partial charge in [0.05, 0.1) is 17.7 Å². The third-order valence-electron chi connectivity index (χ3n) is 4.10. The summed E-state index contributed by atoms with van der Waals surface area (Å²) in [5.74, 6) is -1.65. The Morgan fingerprint density at radius 3 is 2.52 bits per heavy atom. The van der Waals surface area contributed by atoms with E-state index in [0.717, 1.165) is 21.8 Å². The molecule has 0 atom stereocenters. The minimum Gasteiger partial charge on any atom is -0.462 e. The lowest BCUT2D eigenvalue weighted by molar-refractivity contribution is -0.119. The van der Waals surface area contributed by atoms with Crippen LogP contribution >= 0.6 is 23.1 Å². The van der Waals surface area contributed by atoms with Crippen molar-refractivity contribution in [3.05, 3.63) is 39.8 Å². The molecule has 0 aliphatic rings. The van der Waals surface area contributed by atoms with Gasteiger partial charge in [0.1, 0.15) is 5.00 Å². The monoisotopic (exact) mass is 436 g/mol. The molecule has 0 bridgehead atoms. The molecule has 0 radical (unpaired) electrons. The number of hydrogen-bond acceptors (Lipinski definition) is 8. The van der Waals surface area contributed by atoms with Crippen molar-refractivity contribution in [3.8, 4) is 0 Å². The molecular formula is C20H24N2O5S2. The Hall–Kier alpha value is -2.52. The van der Waals surface area contributed by atoms with Gasteiger partial charge in [0.2, 0.25) is 0 Å². The van der Waals surface area contributed by atoms with Gasteiger partial charge in [-0.15, -0.1) is 23.1 Å². The zero-order valence-electron chi connectivity index (χ0n) is 16.8. The van der Waals surface area contributed by atoms with E-state index in [2.05, 4.69) is 5.32 Å². The summed E-state index contributed by atoms with van der Waals surface area (Å²) in [5, 5.41) is 3.06. The third kappa shape index (κ3) is 5.51. The van der Waals surface area contributed by atoms with Crippen LogP contribution in [0.15, 0.2) is 23.1 Å². The van der Waals surface area contributed by atoms with Gasteiger partial charge >= 0.3 is 11.9 Å². The normalized spacial score (nSPS) is 10.5. The van der Waals surface area contributed by atoms with Crippen LogP contribution in [0.2, 0.25) is 0 Å². The van der Waals surface area contributed by atoms with E-state index in [0.29, 0.717) is 21.8 Å². The van der Waals surface area contributed by atoms with Gasteiger partial charge in [0.25, 0.3) is 5.91 Å². The van der Waals surface area contributed by atoms with E-state index in [4.69, 9.17) is 15.2 Å². The number of ether oxygens (including phenoxy) is 2. The van der Waals surface area contributed by atoms with Crippen molar-refractivity contribution in [2.45, 2.75) is 32.1 Å². The molecule has 0 aliphatic heterocycles. The molecule has 3 N–H and O–H groups in total. The molecular weight excluding hydrogens is 412 g/mol. The highest BCUT2D eigenvalue weighted by molar-refractivity contribution is 7.98. The first-order chi connectivity index (χ1) is 13.8. The molecule has 156 valence electrons. The molecule has 2 aromatic rings. The highest BCUT2D eigenvalue weighted by atomic mass is 32.2. The Balaban J connectivity index is 2.07. The molecule has 0 spiro atoms. The van der Waals surface area contributed by atoms with E-state index in [1.165, 1.54) is 23.1 Å². The highest BCUT2D eigenvalue weighted by Gasteiger charge is 2.23. The van der Waals surface area contributed by atoms with E-state index in [-0.39, 0.29) is 6.61 Å². The molecule has 1 heterocycles. The fourth-order valence-corrected chi connectivity index (χ4v) is 4.35. The average molecular weight is 437 g/mol. The maximum Gasteiger partial charge on any atom is 0.341 e. The summed E-state index contributed by atoms with van der Waals surface area (Å²) in [6, 6.07) is 4.79. The quantitative estimate of drug-likeness (QED) is 0.367. The number of anilines is 2. The summed E-state index contributed by atoms with van der Waals surface area (Å²) in [4.78, 5) is 38.5. The predicted octanol–water partition coefficient (Wildman–Crippen LogP) is 3.90. The summed E-state index contributed by atoms with van der Waals surface area (Å²) in [6.07, 6.45) is 2.58. The number of thiophene rings is 1. The van der Waals surface area contributed by atoms with Crippen molar-refractivity contribution in [3.63, 3.8) is 0 Å². The van der Waals surface area contributed by atoms with E-state index in [1.807, 2.05) is 20.1 Å². The number of benzene rings is 1. The Morgan fingerprint density at radius 2 is 1.90 bits per heavy atom. The molecule has 9 heteroatoms. The van der Waals surface area contributed by atoms with Gasteiger partial charge in [-0.3, -0.25) is 4.79 Å². The van der Waals surface area contributed by atoms with Crippen LogP contribution < -0.4 is 11.1 Å². The van der Waals surface area contributed by atoms with Crippen molar-refractivity contribution in [1.29, 1.82) is 0 Å². The summed E-state index contributed by atoms with van der Waals surface area (Å²) in [7, 11) is 0. The molecule has 0 fully saturated rings. The average Bonchev–Trinajstić information content (AvgIpc) is 3.01. The number of rotatable bonds is 8. The minimum atomic E-state index is -0.627. The second-order valence-corrected chi connectivity index (χ2v) is 7.96. The van der Waals surface area contributed by atoms with Crippen LogP contribution in [-0.4, -0.2) is 37.3 Å². The topological polar surface area (TPSA) is 108 Å². The van der Waals surface area contributed by atoms with Gasteiger partial charge < -0.3 is 20.5 Å². The molecule has 1 amide bonds. The lowest BCUT2D eigenvalue weighted by atomic mass is 10.1. The molecule has 0 saturated heterocycles. The predicted molar refractivity (Wildman–Crippen MR) is 116 cm³/mol. The Morgan fingerprint density at radius 1 is 1.17 bits per heavy atom. The Labute approximate surface area is 178 Å². The SMILES string of the molecule is CCOC(=O)c1c(NC(=O)COC(=O)c2ccc(N)c(SC)c2)sc(CC)c1C. The molecule has 1 aromatic heterocycles. The number of thioether (sulfide) groups is 1. The zero-order valence-corrected chi connectivity index (χ0v) is 18.4. The van der Waals surface area contributed by atoms with Crippen LogP contribution in [0.4, 0.5) is 10.7 Å². The van der Waals surface area contributed by atoms with Crippen molar-refractivity contribution < 1.29 is 23.9 Å². The van der Waals surface area contributed by atoms with Crippen LogP contribution in [0, 0.1) is 6.92 Å². The molecule has 0 unspecified atom stereocenters. The van der Waals surface area contributed by atoms with Crippen molar-refractivity contribution in [2.24, 2.45) is 0 Å². The van der Waals surface area contributed by atoms with Crippen LogP contribution in [0.5, 0.6) is 0 Å². The van der Waals surface area contributed by atoms with Gasteiger partial charge in [0.15, 0.2) is 6.61 Å². The molecule has 0 saturated carbocycles. The summed E-state index contributed by atoms with van der Waals surface area (Å²) in [6.45, 7) is 5.27. The number of carbonyl (C=O) groups excluding carboxylic acids is 3. The number of carbonyl (C=O) groups is 3. The van der Waals surface area contributed by atoms with Gasteiger partial charge in [-0.1, -0.05) is 6.92 Å².